The van der Waals surface area contributed by atoms with E-state index < -0.39 is 0 Å². The van der Waals surface area contributed by atoms with Gasteiger partial charge in [-0.15, -0.1) is 0 Å². The summed E-state index contributed by atoms with van der Waals surface area (Å²) in [4.78, 5) is 11.4. The van der Waals surface area contributed by atoms with Crippen molar-refractivity contribution >= 4 is 11.6 Å². The van der Waals surface area contributed by atoms with Gasteiger partial charge in [0.25, 0.3) is 0 Å². The SMILES string of the molecule is COc1ccc(C2(C#Cc3cccc(NC(C)=O)c3)CCCCC2)cc1OC1CCCC1. The number of carbonyl (C=O) groups excluding carboxylic acids is 1. The van der Waals surface area contributed by atoms with Crippen LogP contribution in [0.1, 0.15) is 75.8 Å². The second-order valence-corrected chi connectivity index (χ2v) is 9.04. The fourth-order valence-electron chi connectivity index (χ4n) is 4.96. The van der Waals surface area contributed by atoms with Crippen molar-refractivity contribution < 1.29 is 14.3 Å². The first-order chi connectivity index (χ1) is 15.6. The summed E-state index contributed by atoms with van der Waals surface area (Å²) >= 11 is 0. The molecule has 2 aliphatic carbocycles. The van der Waals surface area contributed by atoms with Crippen LogP contribution in [0.3, 0.4) is 0 Å². The molecule has 2 aromatic rings. The normalized spacial score (nSPS) is 17.8. The van der Waals surface area contributed by atoms with Crippen LogP contribution in [0.5, 0.6) is 11.5 Å². The Morgan fingerprint density at radius 2 is 1.78 bits per heavy atom. The maximum atomic E-state index is 11.4. The van der Waals surface area contributed by atoms with Gasteiger partial charge >= 0.3 is 0 Å². The highest BCUT2D eigenvalue weighted by atomic mass is 16.5. The number of hydrogen-bond donors (Lipinski definition) is 1. The van der Waals surface area contributed by atoms with Gasteiger partial charge in [-0.1, -0.05) is 43.2 Å². The number of rotatable bonds is 5. The maximum absolute atomic E-state index is 11.4. The summed E-state index contributed by atoms with van der Waals surface area (Å²) in [5.74, 6) is 8.62. The van der Waals surface area contributed by atoms with Crippen LogP contribution in [-0.4, -0.2) is 19.1 Å². The van der Waals surface area contributed by atoms with Crippen molar-refractivity contribution in [1.29, 1.82) is 0 Å². The van der Waals surface area contributed by atoms with Gasteiger partial charge in [0.1, 0.15) is 0 Å². The third-order valence-corrected chi connectivity index (χ3v) is 6.65. The first kappa shape index (κ1) is 22.3. The fraction of sp³-hybridized carbons (Fsp3) is 0.464. The molecule has 2 aliphatic rings. The minimum Gasteiger partial charge on any atom is -0.493 e. The van der Waals surface area contributed by atoms with Crippen LogP contribution < -0.4 is 14.8 Å². The summed E-state index contributed by atoms with van der Waals surface area (Å²) in [5.41, 5.74) is 2.72. The Bertz CT molecular complexity index is 1000. The van der Waals surface area contributed by atoms with E-state index in [-0.39, 0.29) is 17.4 Å². The molecule has 2 saturated carbocycles. The standard InChI is InChI=1S/C28H33NO3/c1-21(30)29-24-10-8-9-22(19-24)15-18-28(16-6-3-7-17-28)23-13-14-26(31-2)27(20-23)32-25-11-4-5-12-25/h8-10,13-14,19-20,25H,3-7,11-12,16-17H2,1-2H3,(H,29,30). The molecule has 1 N–H and O–H groups in total. The Balaban J connectivity index is 1.67. The molecule has 0 heterocycles. The van der Waals surface area contributed by atoms with Crippen molar-refractivity contribution in [3.8, 4) is 23.3 Å². The van der Waals surface area contributed by atoms with Crippen molar-refractivity contribution in [1.82, 2.24) is 0 Å². The van der Waals surface area contributed by atoms with E-state index >= 15 is 0 Å². The Morgan fingerprint density at radius 3 is 2.50 bits per heavy atom. The van der Waals surface area contributed by atoms with E-state index in [9.17, 15) is 4.79 Å². The highest BCUT2D eigenvalue weighted by Gasteiger charge is 2.33. The van der Waals surface area contributed by atoms with E-state index in [1.54, 1.807) is 7.11 Å². The van der Waals surface area contributed by atoms with Gasteiger partial charge in [0, 0.05) is 18.2 Å². The number of hydrogen-bond acceptors (Lipinski definition) is 3. The minimum absolute atomic E-state index is 0.0770. The number of nitrogens with one attached hydrogen (secondary N) is 1. The van der Waals surface area contributed by atoms with Crippen LogP contribution >= 0.6 is 0 Å². The Kier molecular flexibility index (Phi) is 7.05. The molecule has 0 aromatic heterocycles. The van der Waals surface area contributed by atoms with Crippen molar-refractivity contribution in [3.63, 3.8) is 0 Å². The van der Waals surface area contributed by atoms with E-state index in [0.29, 0.717) is 0 Å². The zero-order valence-electron chi connectivity index (χ0n) is 19.2. The second-order valence-electron chi connectivity index (χ2n) is 9.04. The van der Waals surface area contributed by atoms with Crippen LogP contribution in [0.15, 0.2) is 42.5 Å². The van der Waals surface area contributed by atoms with Gasteiger partial charge < -0.3 is 14.8 Å². The summed E-state index contributed by atoms with van der Waals surface area (Å²) in [6.45, 7) is 1.52. The lowest BCUT2D eigenvalue weighted by atomic mass is 9.70. The zero-order valence-corrected chi connectivity index (χ0v) is 19.2. The van der Waals surface area contributed by atoms with Crippen LogP contribution in [0.4, 0.5) is 5.69 Å². The summed E-state index contributed by atoms with van der Waals surface area (Å²) in [7, 11) is 1.70. The number of ether oxygens (including phenoxy) is 2. The number of carbonyl (C=O) groups is 1. The van der Waals surface area contributed by atoms with Gasteiger partial charge in [0.15, 0.2) is 11.5 Å². The molecule has 0 radical (unpaired) electrons. The summed E-state index contributed by atoms with van der Waals surface area (Å²) in [6, 6.07) is 14.1. The number of anilines is 1. The Labute approximate surface area is 191 Å². The molecule has 0 bridgehead atoms. The molecule has 4 heteroatoms. The highest BCUT2D eigenvalue weighted by Crippen LogP contribution is 2.43. The molecule has 0 spiro atoms. The molecule has 2 fully saturated rings. The summed E-state index contributed by atoms with van der Waals surface area (Å²) < 4.78 is 12.0. The van der Waals surface area contributed by atoms with Crippen molar-refractivity contribution in [2.75, 3.05) is 12.4 Å². The summed E-state index contributed by atoms with van der Waals surface area (Å²) in [6.07, 6.45) is 10.7. The molecule has 0 atom stereocenters. The monoisotopic (exact) mass is 431 g/mol. The van der Waals surface area contributed by atoms with Gasteiger partial charge in [0.05, 0.1) is 18.6 Å². The van der Waals surface area contributed by atoms with Crippen LogP contribution in [-0.2, 0) is 10.2 Å². The topological polar surface area (TPSA) is 47.6 Å². The van der Waals surface area contributed by atoms with Crippen LogP contribution in [0.2, 0.25) is 0 Å². The first-order valence-electron chi connectivity index (χ1n) is 11.8. The zero-order chi connectivity index (χ0) is 22.4. The molecule has 0 saturated heterocycles. The lowest BCUT2D eigenvalue weighted by molar-refractivity contribution is -0.114. The van der Waals surface area contributed by atoms with Crippen molar-refractivity contribution in [3.05, 3.63) is 53.6 Å². The lowest BCUT2D eigenvalue weighted by Gasteiger charge is -2.33. The molecule has 1 amide bonds. The van der Waals surface area contributed by atoms with E-state index in [2.05, 4.69) is 29.3 Å². The van der Waals surface area contributed by atoms with Crippen molar-refractivity contribution in [2.24, 2.45) is 0 Å². The molecule has 0 unspecified atom stereocenters. The van der Waals surface area contributed by atoms with E-state index in [4.69, 9.17) is 9.47 Å². The predicted octanol–water partition coefficient (Wildman–Crippen LogP) is 6.23. The third kappa shape index (κ3) is 5.27. The molecule has 4 rings (SSSR count). The third-order valence-electron chi connectivity index (χ3n) is 6.65. The minimum atomic E-state index is -0.192. The largest absolute Gasteiger partial charge is 0.493 e. The summed E-state index contributed by atoms with van der Waals surface area (Å²) in [5, 5.41) is 2.84. The maximum Gasteiger partial charge on any atom is 0.221 e. The van der Waals surface area contributed by atoms with Crippen LogP contribution in [0, 0.1) is 11.8 Å². The molecule has 4 nitrogen and oxygen atoms in total. The van der Waals surface area contributed by atoms with Gasteiger partial charge in [-0.25, -0.2) is 0 Å². The van der Waals surface area contributed by atoms with Gasteiger partial charge in [-0.05, 0) is 74.4 Å². The number of benzene rings is 2. The lowest BCUT2D eigenvalue weighted by Crippen LogP contribution is -2.27. The average Bonchev–Trinajstić information content (AvgIpc) is 3.31. The van der Waals surface area contributed by atoms with Crippen molar-refractivity contribution in [2.45, 2.75) is 76.2 Å². The first-order valence-corrected chi connectivity index (χ1v) is 11.8. The second kappa shape index (κ2) is 10.1. The quantitative estimate of drug-likeness (QED) is 0.571. The molecular weight excluding hydrogens is 398 g/mol. The van der Waals surface area contributed by atoms with Gasteiger partial charge in [0.2, 0.25) is 5.91 Å². The van der Waals surface area contributed by atoms with Gasteiger partial charge in [-0.2, -0.15) is 0 Å². The highest BCUT2D eigenvalue weighted by molar-refractivity contribution is 5.88. The molecule has 32 heavy (non-hydrogen) atoms. The molecule has 0 aliphatic heterocycles. The molecular formula is C28H33NO3. The fourth-order valence-corrected chi connectivity index (χ4v) is 4.96. The average molecular weight is 432 g/mol. The van der Waals surface area contributed by atoms with Crippen LogP contribution in [0.25, 0.3) is 0 Å². The molecule has 168 valence electrons. The Morgan fingerprint density at radius 1 is 1.00 bits per heavy atom. The van der Waals surface area contributed by atoms with Gasteiger partial charge in [-0.3, -0.25) is 4.79 Å². The van der Waals surface area contributed by atoms with E-state index in [1.807, 2.05) is 30.3 Å². The predicted molar refractivity (Wildman–Crippen MR) is 128 cm³/mol. The number of methoxy groups -OCH3 is 1. The smallest absolute Gasteiger partial charge is 0.221 e. The van der Waals surface area contributed by atoms with E-state index in [1.165, 1.54) is 44.6 Å². The number of amides is 1. The Hall–Kier alpha value is -2.93. The van der Waals surface area contributed by atoms with E-state index in [0.717, 1.165) is 48.4 Å². The molecule has 2 aromatic carbocycles.